The highest BCUT2D eigenvalue weighted by Gasteiger charge is 2.31. The monoisotopic (exact) mass is 295 g/mol. The van der Waals surface area contributed by atoms with Gasteiger partial charge in [-0.25, -0.2) is 0 Å². The summed E-state index contributed by atoms with van der Waals surface area (Å²) in [6, 6.07) is 0.782. The second-order valence-electron chi connectivity index (χ2n) is 7.70. The standard InChI is InChI=1S/C19H37NO/c1-4-12-20-19-11-10-16(15(2)3)14-17(19)7-5-8-18-9-6-13-21-18/h15-20H,4-14H2,1-3H3. The Morgan fingerprint density at radius 2 is 2.00 bits per heavy atom. The minimum Gasteiger partial charge on any atom is -0.378 e. The fraction of sp³-hybridized carbons (Fsp3) is 1.00. The highest BCUT2D eigenvalue weighted by atomic mass is 16.5. The summed E-state index contributed by atoms with van der Waals surface area (Å²) in [5.74, 6) is 2.72. The van der Waals surface area contributed by atoms with Crippen LogP contribution in [-0.2, 0) is 4.74 Å². The SMILES string of the molecule is CCCNC1CCC(C(C)C)CC1CCCC1CCCO1. The van der Waals surface area contributed by atoms with Crippen molar-refractivity contribution in [1.82, 2.24) is 5.32 Å². The van der Waals surface area contributed by atoms with Gasteiger partial charge in [-0.1, -0.05) is 27.2 Å². The summed E-state index contributed by atoms with van der Waals surface area (Å²) in [6.07, 6.45) is 12.8. The van der Waals surface area contributed by atoms with E-state index in [-0.39, 0.29) is 0 Å². The molecule has 2 rings (SSSR count). The molecule has 0 bridgehead atoms. The zero-order valence-electron chi connectivity index (χ0n) is 14.6. The van der Waals surface area contributed by atoms with Gasteiger partial charge in [0.05, 0.1) is 6.10 Å². The molecule has 124 valence electrons. The van der Waals surface area contributed by atoms with Crippen LogP contribution in [0.4, 0.5) is 0 Å². The molecule has 1 aliphatic carbocycles. The molecule has 2 nitrogen and oxygen atoms in total. The second-order valence-corrected chi connectivity index (χ2v) is 7.70. The van der Waals surface area contributed by atoms with Crippen molar-refractivity contribution in [2.24, 2.45) is 17.8 Å². The highest BCUT2D eigenvalue weighted by Crippen LogP contribution is 2.36. The zero-order valence-corrected chi connectivity index (χ0v) is 14.6. The van der Waals surface area contributed by atoms with Crippen LogP contribution in [-0.4, -0.2) is 25.3 Å². The summed E-state index contributed by atoms with van der Waals surface area (Å²) in [5, 5.41) is 3.83. The molecule has 1 aliphatic heterocycles. The van der Waals surface area contributed by atoms with Crippen molar-refractivity contribution < 1.29 is 4.74 Å². The molecule has 4 atom stereocenters. The molecule has 2 fully saturated rings. The Balaban J connectivity index is 1.77. The maximum atomic E-state index is 5.78. The molecule has 0 aromatic carbocycles. The van der Waals surface area contributed by atoms with E-state index in [4.69, 9.17) is 4.74 Å². The Morgan fingerprint density at radius 3 is 2.67 bits per heavy atom. The van der Waals surface area contributed by atoms with Crippen molar-refractivity contribution in [3.8, 4) is 0 Å². The minimum absolute atomic E-state index is 0.580. The molecule has 4 unspecified atom stereocenters. The van der Waals surface area contributed by atoms with Gasteiger partial charge in [0.2, 0.25) is 0 Å². The number of ether oxygens (including phenoxy) is 1. The fourth-order valence-corrected chi connectivity index (χ4v) is 4.30. The van der Waals surface area contributed by atoms with Crippen LogP contribution in [0.5, 0.6) is 0 Å². The van der Waals surface area contributed by atoms with E-state index >= 15 is 0 Å². The smallest absolute Gasteiger partial charge is 0.0576 e. The van der Waals surface area contributed by atoms with Gasteiger partial charge in [-0.15, -0.1) is 0 Å². The fourth-order valence-electron chi connectivity index (χ4n) is 4.30. The van der Waals surface area contributed by atoms with Gasteiger partial charge in [-0.3, -0.25) is 0 Å². The molecule has 1 saturated heterocycles. The molecule has 2 heteroatoms. The molecule has 0 spiro atoms. The largest absolute Gasteiger partial charge is 0.378 e. The van der Waals surface area contributed by atoms with Gasteiger partial charge in [-0.2, -0.15) is 0 Å². The predicted molar refractivity (Wildman–Crippen MR) is 90.6 cm³/mol. The third kappa shape index (κ3) is 5.56. The molecular weight excluding hydrogens is 258 g/mol. The molecule has 0 aromatic heterocycles. The summed E-state index contributed by atoms with van der Waals surface area (Å²) < 4.78 is 5.78. The average molecular weight is 296 g/mol. The first-order valence-corrected chi connectivity index (χ1v) is 9.55. The summed E-state index contributed by atoms with van der Waals surface area (Å²) in [5.41, 5.74) is 0. The van der Waals surface area contributed by atoms with Crippen LogP contribution in [0.15, 0.2) is 0 Å². The Labute approximate surface area is 132 Å². The topological polar surface area (TPSA) is 21.3 Å². The Morgan fingerprint density at radius 1 is 1.14 bits per heavy atom. The van der Waals surface area contributed by atoms with E-state index in [9.17, 15) is 0 Å². The predicted octanol–water partition coefficient (Wildman–Crippen LogP) is 4.78. The van der Waals surface area contributed by atoms with Crippen LogP contribution >= 0.6 is 0 Å². The number of rotatable bonds is 8. The molecule has 1 saturated carbocycles. The first kappa shape index (κ1) is 17.3. The van der Waals surface area contributed by atoms with Crippen LogP contribution in [0.2, 0.25) is 0 Å². The van der Waals surface area contributed by atoms with Crippen LogP contribution in [0.3, 0.4) is 0 Å². The Hall–Kier alpha value is -0.0800. The van der Waals surface area contributed by atoms with E-state index in [0.29, 0.717) is 6.10 Å². The summed E-state index contributed by atoms with van der Waals surface area (Å²) in [6.45, 7) is 9.30. The molecule has 1 N–H and O–H groups in total. The highest BCUT2D eigenvalue weighted by molar-refractivity contribution is 4.86. The number of nitrogens with one attached hydrogen (secondary N) is 1. The van der Waals surface area contributed by atoms with Crippen molar-refractivity contribution >= 4 is 0 Å². The molecule has 2 aliphatic rings. The van der Waals surface area contributed by atoms with E-state index in [1.54, 1.807) is 0 Å². The summed E-state index contributed by atoms with van der Waals surface area (Å²) in [7, 11) is 0. The second kappa shape index (κ2) is 9.15. The lowest BCUT2D eigenvalue weighted by Gasteiger charge is -2.38. The molecule has 0 radical (unpaired) electrons. The molecule has 0 amide bonds. The van der Waals surface area contributed by atoms with E-state index in [1.807, 2.05) is 0 Å². The van der Waals surface area contributed by atoms with Gasteiger partial charge in [0, 0.05) is 12.6 Å². The number of hydrogen-bond acceptors (Lipinski definition) is 2. The van der Waals surface area contributed by atoms with Crippen LogP contribution in [0.25, 0.3) is 0 Å². The van der Waals surface area contributed by atoms with E-state index in [1.165, 1.54) is 64.3 Å². The van der Waals surface area contributed by atoms with Gasteiger partial charge >= 0.3 is 0 Å². The molecular formula is C19H37NO. The zero-order chi connectivity index (χ0) is 15.1. The third-order valence-corrected chi connectivity index (χ3v) is 5.75. The summed E-state index contributed by atoms with van der Waals surface area (Å²) >= 11 is 0. The minimum atomic E-state index is 0.580. The van der Waals surface area contributed by atoms with Crippen LogP contribution < -0.4 is 5.32 Å². The van der Waals surface area contributed by atoms with E-state index in [2.05, 4.69) is 26.1 Å². The molecule has 0 aromatic rings. The molecule has 1 heterocycles. The number of hydrogen-bond donors (Lipinski definition) is 1. The lowest BCUT2D eigenvalue weighted by Crippen LogP contribution is -2.41. The average Bonchev–Trinajstić information content (AvgIpc) is 2.99. The van der Waals surface area contributed by atoms with Gasteiger partial charge in [0.15, 0.2) is 0 Å². The first-order valence-electron chi connectivity index (χ1n) is 9.55. The van der Waals surface area contributed by atoms with E-state index in [0.717, 1.165) is 30.4 Å². The Kier molecular flexibility index (Phi) is 7.53. The van der Waals surface area contributed by atoms with Gasteiger partial charge in [0.1, 0.15) is 0 Å². The normalized spacial score (nSPS) is 33.7. The van der Waals surface area contributed by atoms with Crippen LogP contribution in [0.1, 0.15) is 78.6 Å². The van der Waals surface area contributed by atoms with Crippen molar-refractivity contribution in [3.63, 3.8) is 0 Å². The van der Waals surface area contributed by atoms with Gasteiger partial charge in [-0.05, 0) is 75.7 Å². The Bertz CT molecular complexity index is 273. The van der Waals surface area contributed by atoms with Crippen LogP contribution in [0, 0.1) is 17.8 Å². The lowest BCUT2D eigenvalue weighted by molar-refractivity contribution is 0.0960. The summed E-state index contributed by atoms with van der Waals surface area (Å²) in [4.78, 5) is 0. The quantitative estimate of drug-likeness (QED) is 0.696. The van der Waals surface area contributed by atoms with E-state index < -0.39 is 0 Å². The maximum Gasteiger partial charge on any atom is 0.0576 e. The van der Waals surface area contributed by atoms with Gasteiger partial charge < -0.3 is 10.1 Å². The van der Waals surface area contributed by atoms with Crippen molar-refractivity contribution in [2.45, 2.75) is 90.7 Å². The third-order valence-electron chi connectivity index (χ3n) is 5.75. The first-order chi connectivity index (χ1) is 10.2. The molecule has 21 heavy (non-hydrogen) atoms. The van der Waals surface area contributed by atoms with Crippen molar-refractivity contribution in [1.29, 1.82) is 0 Å². The maximum absolute atomic E-state index is 5.78. The van der Waals surface area contributed by atoms with Crippen molar-refractivity contribution in [3.05, 3.63) is 0 Å². The van der Waals surface area contributed by atoms with Crippen molar-refractivity contribution in [2.75, 3.05) is 13.2 Å². The lowest BCUT2D eigenvalue weighted by atomic mass is 9.72. The van der Waals surface area contributed by atoms with Gasteiger partial charge in [0.25, 0.3) is 0 Å².